The van der Waals surface area contributed by atoms with Gasteiger partial charge in [-0.1, -0.05) is 18.2 Å². The lowest BCUT2D eigenvalue weighted by Gasteiger charge is -2.04. The molecule has 2 aromatic carbocycles. The van der Waals surface area contributed by atoms with E-state index in [-0.39, 0.29) is 5.56 Å². The molecule has 1 aromatic heterocycles. The molecule has 0 unspecified atom stereocenters. The summed E-state index contributed by atoms with van der Waals surface area (Å²) in [6, 6.07) is 10.9. The van der Waals surface area contributed by atoms with Crippen molar-refractivity contribution in [3.63, 3.8) is 0 Å². The number of imidazole rings is 1. The van der Waals surface area contributed by atoms with Crippen LogP contribution < -0.4 is 4.74 Å². The van der Waals surface area contributed by atoms with Gasteiger partial charge in [-0.05, 0) is 48.4 Å². The second-order valence-electron chi connectivity index (χ2n) is 5.70. The molecule has 0 saturated carbocycles. The number of phosphoric acid groups is 1. The highest BCUT2D eigenvalue weighted by atomic mass is 31.2. The van der Waals surface area contributed by atoms with Crippen molar-refractivity contribution in [1.29, 1.82) is 0 Å². The highest BCUT2D eigenvalue weighted by Crippen LogP contribution is 2.26. The first-order valence-electron chi connectivity index (χ1n) is 7.91. The van der Waals surface area contributed by atoms with Gasteiger partial charge in [0.15, 0.2) is 0 Å². The second kappa shape index (κ2) is 8.81. The smallest absolute Gasteiger partial charge is 0.466 e. The van der Waals surface area contributed by atoms with Gasteiger partial charge in [0.2, 0.25) is 0 Å². The molecular weight excluding hydrogens is 387 g/mol. The number of rotatable bonds is 4. The first-order valence-corrected chi connectivity index (χ1v) is 9.48. The van der Waals surface area contributed by atoms with Crippen molar-refractivity contribution < 1.29 is 33.9 Å². The number of carboxylic acid groups (broad SMARTS) is 1. The minimum atomic E-state index is -4.64. The average Bonchev–Trinajstić information content (AvgIpc) is 3.01. The largest absolute Gasteiger partial charge is 0.496 e. The molecule has 28 heavy (non-hydrogen) atoms. The quantitative estimate of drug-likeness (QED) is 0.415. The van der Waals surface area contributed by atoms with Crippen molar-refractivity contribution in [3.8, 4) is 5.75 Å². The first kappa shape index (κ1) is 21.3. The number of fused-ring (bicyclic) bond motifs is 1. The van der Waals surface area contributed by atoms with Gasteiger partial charge in [0, 0.05) is 0 Å². The zero-order chi connectivity index (χ0) is 20.9. The summed E-state index contributed by atoms with van der Waals surface area (Å²) in [6.07, 6.45) is 3.75. The van der Waals surface area contributed by atoms with Crippen LogP contribution in [-0.4, -0.2) is 42.8 Å². The number of hydrogen-bond acceptors (Lipinski definition) is 4. The molecule has 1 heterocycles. The summed E-state index contributed by atoms with van der Waals surface area (Å²) in [7, 11) is -2.99. The van der Waals surface area contributed by atoms with Gasteiger partial charge >= 0.3 is 13.8 Å². The summed E-state index contributed by atoms with van der Waals surface area (Å²) in [5.41, 5.74) is 3.45. The summed E-state index contributed by atoms with van der Waals surface area (Å²) in [6.45, 7) is 1.98. The number of carbonyl (C=O) groups is 1. The summed E-state index contributed by atoms with van der Waals surface area (Å²) in [5.74, 6) is 0.486. The van der Waals surface area contributed by atoms with Crippen LogP contribution in [0.3, 0.4) is 0 Å². The number of nitrogens with one attached hydrogen (secondary N) is 1. The number of H-pyrrole nitrogens is 1. The molecule has 0 bridgehead atoms. The highest BCUT2D eigenvalue weighted by Gasteiger charge is 2.10. The molecule has 0 spiro atoms. The lowest BCUT2D eigenvalue weighted by Crippen LogP contribution is -1.96. The molecule has 148 valence electrons. The predicted octanol–water partition coefficient (Wildman–Crippen LogP) is 2.82. The van der Waals surface area contributed by atoms with E-state index in [1.165, 1.54) is 0 Å². The van der Waals surface area contributed by atoms with Gasteiger partial charge < -0.3 is 29.5 Å². The maximum absolute atomic E-state index is 11.2. The molecule has 3 aromatic rings. The van der Waals surface area contributed by atoms with Gasteiger partial charge in [0.1, 0.15) is 11.6 Å². The number of para-hydroxylation sites is 1. The molecule has 0 aliphatic heterocycles. The Labute approximate surface area is 160 Å². The monoisotopic (exact) mass is 406 g/mol. The molecule has 0 radical (unpaired) electrons. The highest BCUT2D eigenvalue weighted by molar-refractivity contribution is 7.45. The maximum atomic E-state index is 11.2. The van der Waals surface area contributed by atoms with E-state index >= 15 is 0 Å². The van der Waals surface area contributed by atoms with Crippen molar-refractivity contribution >= 4 is 37.0 Å². The number of hydrogen-bond donors (Lipinski definition) is 5. The number of benzene rings is 2. The number of aromatic nitrogens is 2. The number of aryl methyl sites for hydroxylation is 1. The average molecular weight is 406 g/mol. The Kier molecular flexibility index (Phi) is 6.71. The van der Waals surface area contributed by atoms with Gasteiger partial charge in [-0.15, -0.1) is 0 Å². The van der Waals surface area contributed by atoms with Crippen molar-refractivity contribution in [2.75, 3.05) is 7.11 Å². The van der Waals surface area contributed by atoms with Crippen LogP contribution in [0.25, 0.3) is 23.2 Å². The Morgan fingerprint density at radius 3 is 2.43 bits per heavy atom. The SMILES string of the molecule is COc1ccc(C=Cc2nc3cccc(C(=O)O)c3[nH]2)cc1C.O=P(O)(O)O. The van der Waals surface area contributed by atoms with Crippen LogP contribution in [0.5, 0.6) is 5.75 Å². The van der Waals surface area contributed by atoms with Gasteiger partial charge in [-0.25, -0.2) is 14.3 Å². The Morgan fingerprint density at radius 2 is 1.86 bits per heavy atom. The summed E-state index contributed by atoms with van der Waals surface area (Å²) in [5, 5.41) is 9.20. The molecule has 10 heteroatoms. The van der Waals surface area contributed by atoms with E-state index in [0.717, 1.165) is 16.9 Å². The Bertz CT molecular complexity index is 1060. The van der Waals surface area contributed by atoms with E-state index < -0.39 is 13.8 Å². The fourth-order valence-corrected chi connectivity index (χ4v) is 2.49. The first-order chi connectivity index (χ1) is 13.1. The predicted molar refractivity (Wildman–Crippen MR) is 104 cm³/mol. The van der Waals surface area contributed by atoms with Gasteiger partial charge in [-0.2, -0.15) is 0 Å². The topological polar surface area (TPSA) is 153 Å². The van der Waals surface area contributed by atoms with Gasteiger partial charge in [0.25, 0.3) is 0 Å². The number of aromatic amines is 1. The molecule has 0 aliphatic carbocycles. The normalized spacial score (nSPS) is 11.3. The molecule has 0 amide bonds. The van der Waals surface area contributed by atoms with Crippen LogP contribution in [0.1, 0.15) is 27.3 Å². The third kappa shape index (κ3) is 6.04. The third-order valence-corrected chi connectivity index (χ3v) is 3.62. The van der Waals surface area contributed by atoms with E-state index in [4.69, 9.17) is 24.0 Å². The second-order valence-corrected chi connectivity index (χ2v) is 6.73. The lowest BCUT2D eigenvalue weighted by molar-refractivity contribution is 0.0698. The van der Waals surface area contributed by atoms with E-state index in [2.05, 4.69) is 9.97 Å². The van der Waals surface area contributed by atoms with Crippen LogP contribution >= 0.6 is 7.82 Å². The minimum absolute atomic E-state index is 0.218. The van der Waals surface area contributed by atoms with Crippen molar-refractivity contribution in [3.05, 3.63) is 58.9 Å². The van der Waals surface area contributed by atoms with Crippen molar-refractivity contribution in [2.24, 2.45) is 0 Å². The molecule has 9 nitrogen and oxygen atoms in total. The number of nitrogens with zero attached hydrogens (tertiary/aromatic N) is 1. The van der Waals surface area contributed by atoms with Crippen molar-refractivity contribution in [2.45, 2.75) is 6.92 Å². The maximum Gasteiger partial charge on any atom is 0.466 e. The zero-order valence-corrected chi connectivity index (χ0v) is 15.9. The van der Waals surface area contributed by atoms with Gasteiger partial charge in [-0.3, -0.25) is 0 Å². The lowest BCUT2D eigenvalue weighted by atomic mass is 10.1. The fraction of sp³-hybridized carbons (Fsp3) is 0.111. The Balaban J connectivity index is 0.000000500. The molecular formula is C18H19N2O7P. The fourth-order valence-electron chi connectivity index (χ4n) is 2.49. The van der Waals surface area contributed by atoms with Crippen LogP contribution in [0.4, 0.5) is 0 Å². The van der Waals surface area contributed by atoms with E-state index in [1.807, 2.05) is 37.3 Å². The molecule has 0 atom stereocenters. The van der Waals surface area contributed by atoms with Crippen LogP contribution in [0.2, 0.25) is 0 Å². The van der Waals surface area contributed by atoms with Crippen LogP contribution in [0, 0.1) is 6.92 Å². The Morgan fingerprint density at radius 1 is 1.18 bits per heavy atom. The standard InChI is InChI=1S/C18H16N2O3.H3O4P/c1-11-10-12(6-8-15(11)23-2)7-9-16-19-14-5-3-4-13(18(21)22)17(14)20-16;1-5(2,3)4/h3-10H,1-2H3,(H,19,20)(H,21,22);(H3,1,2,3,4). The molecule has 0 saturated heterocycles. The summed E-state index contributed by atoms with van der Waals surface area (Å²) in [4.78, 5) is 40.2. The van der Waals surface area contributed by atoms with Crippen molar-refractivity contribution in [1.82, 2.24) is 9.97 Å². The van der Waals surface area contributed by atoms with Gasteiger partial charge in [0.05, 0.1) is 23.7 Å². The number of aromatic carboxylic acids is 1. The number of ether oxygens (including phenoxy) is 1. The van der Waals surface area contributed by atoms with Crippen LogP contribution in [-0.2, 0) is 4.57 Å². The van der Waals surface area contributed by atoms with E-state index in [9.17, 15) is 9.90 Å². The molecule has 0 fully saturated rings. The number of methoxy groups -OCH3 is 1. The third-order valence-electron chi connectivity index (χ3n) is 3.62. The minimum Gasteiger partial charge on any atom is -0.496 e. The van der Waals surface area contributed by atoms with E-state index in [0.29, 0.717) is 16.9 Å². The number of carboxylic acids is 1. The molecule has 0 aliphatic rings. The Hall–Kier alpha value is -2.97. The molecule has 3 rings (SSSR count). The molecule has 5 N–H and O–H groups in total. The zero-order valence-electron chi connectivity index (χ0n) is 15.0. The van der Waals surface area contributed by atoms with Crippen LogP contribution in [0.15, 0.2) is 36.4 Å². The summed E-state index contributed by atoms with van der Waals surface area (Å²) < 4.78 is 14.1. The van der Waals surface area contributed by atoms with E-state index in [1.54, 1.807) is 25.3 Å². The summed E-state index contributed by atoms with van der Waals surface area (Å²) >= 11 is 0.